The summed E-state index contributed by atoms with van der Waals surface area (Å²) in [5.41, 5.74) is 0.199. The predicted molar refractivity (Wildman–Crippen MR) is 103 cm³/mol. The Bertz CT molecular complexity index is 624. The molecule has 1 aromatic rings. The number of carbonyl (C=O) groups excluding carboxylic acids is 2. The van der Waals surface area contributed by atoms with Crippen molar-refractivity contribution in [3.8, 4) is 5.75 Å². The Morgan fingerprint density at radius 3 is 2.58 bits per heavy atom. The van der Waals surface area contributed by atoms with E-state index in [1.54, 1.807) is 19.0 Å². The SMILES string of the molecule is CCC(C)Oc1cccc(NC(=O)NCC2(C(=O)N(C)C)CCCC2)c1. The molecule has 3 amide bonds. The molecule has 6 nitrogen and oxygen atoms in total. The highest BCUT2D eigenvalue weighted by atomic mass is 16.5. The topological polar surface area (TPSA) is 70.7 Å². The lowest BCUT2D eigenvalue weighted by Gasteiger charge is -2.30. The number of hydrogen-bond acceptors (Lipinski definition) is 3. The number of rotatable bonds is 7. The molecule has 0 spiro atoms. The fourth-order valence-corrected chi connectivity index (χ4v) is 3.38. The summed E-state index contributed by atoms with van der Waals surface area (Å²) in [5, 5.41) is 5.71. The van der Waals surface area contributed by atoms with Crippen LogP contribution in [0.15, 0.2) is 24.3 Å². The lowest BCUT2D eigenvalue weighted by Crippen LogP contribution is -2.47. The van der Waals surface area contributed by atoms with Crippen molar-refractivity contribution in [2.75, 3.05) is 26.0 Å². The van der Waals surface area contributed by atoms with Crippen LogP contribution >= 0.6 is 0 Å². The maximum Gasteiger partial charge on any atom is 0.319 e. The Balaban J connectivity index is 1.94. The molecule has 0 radical (unpaired) electrons. The van der Waals surface area contributed by atoms with Gasteiger partial charge in [0.2, 0.25) is 5.91 Å². The highest BCUT2D eigenvalue weighted by molar-refractivity contribution is 5.90. The van der Waals surface area contributed by atoms with Gasteiger partial charge in [0.05, 0.1) is 11.5 Å². The summed E-state index contributed by atoms with van der Waals surface area (Å²) in [6.45, 7) is 4.43. The molecule has 1 atom stereocenters. The maximum atomic E-state index is 12.6. The van der Waals surface area contributed by atoms with Gasteiger partial charge in [0.25, 0.3) is 0 Å². The zero-order valence-corrected chi connectivity index (χ0v) is 16.3. The average Bonchev–Trinajstić information content (AvgIpc) is 3.09. The van der Waals surface area contributed by atoms with Gasteiger partial charge in [-0.05, 0) is 38.3 Å². The fourth-order valence-electron chi connectivity index (χ4n) is 3.38. The second-order valence-corrected chi connectivity index (χ2v) is 7.36. The molecule has 1 aromatic carbocycles. The van der Waals surface area contributed by atoms with Crippen LogP contribution in [0.4, 0.5) is 10.5 Å². The van der Waals surface area contributed by atoms with Crippen LogP contribution in [0.5, 0.6) is 5.75 Å². The molecule has 2 N–H and O–H groups in total. The summed E-state index contributed by atoms with van der Waals surface area (Å²) >= 11 is 0. The van der Waals surface area contributed by atoms with Crippen molar-refractivity contribution in [3.63, 3.8) is 0 Å². The number of anilines is 1. The second kappa shape index (κ2) is 8.92. The molecule has 0 bridgehead atoms. The number of hydrogen-bond donors (Lipinski definition) is 2. The third-order valence-electron chi connectivity index (χ3n) is 5.01. The number of ether oxygens (including phenoxy) is 1. The quantitative estimate of drug-likeness (QED) is 0.779. The normalized spacial score (nSPS) is 16.6. The number of urea groups is 1. The number of benzene rings is 1. The molecule has 1 fully saturated rings. The minimum Gasteiger partial charge on any atom is -0.491 e. The summed E-state index contributed by atoms with van der Waals surface area (Å²) < 4.78 is 5.78. The van der Waals surface area contributed by atoms with Crippen LogP contribution in [-0.2, 0) is 4.79 Å². The molecule has 0 aromatic heterocycles. The minimum absolute atomic E-state index is 0.0965. The van der Waals surface area contributed by atoms with Crippen LogP contribution in [0, 0.1) is 5.41 Å². The summed E-state index contributed by atoms with van der Waals surface area (Å²) in [6, 6.07) is 7.05. The zero-order valence-electron chi connectivity index (χ0n) is 16.3. The highest BCUT2D eigenvalue weighted by Gasteiger charge is 2.42. The number of nitrogens with zero attached hydrogens (tertiary/aromatic N) is 1. The lowest BCUT2D eigenvalue weighted by atomic mass is 9.84. The van der Waals surface area contributed by atoms with E-state index in [1.165, 1.54) is 0 Å². The van der Waals surface area contributed by atoms with Crippen molar-refractivity contribution in [1.29, 1.82) is 0 Å². The van der Waals surface area contributed by atoms with Crippen LogP contribution in [0.3, 0.4) is 0 Å². The molecule has 2 rings (SSSR count). The van der Waals surface area contributed by atoms with Gasteiger partial charge in [-0.15, -0.1) is 0 Å². The van der Waals surface area contributed by atoms with E-state index in [2.05, 4.69) is 17.6 Å². The molecule has 0 aliphatic heterocycles. The standard InChI is InChI=1S/C20H31N3O3/c1-5-15(2)26-17-10-8-9-16(13-17)22-19(25)21-14-20(11-6-7-12-20)18(24)23(3)4/h8-10,13,15H,5-7,11-12,14H2,1-4H3,(H2,21,22,25). The van der Waals surface area contributed by atoms with E-state index in [0.29, 0.717) is 12.2 Å². The smallest absolute Gasteiger partial charge is 0.319 e. The molecular weight excluding hydrogens is 330 g/mol. The Hall–Kier alpha value is -2.24. The molecule has 26 heavy (non-hydrogen) atoms. The summed E-state index contributed by atoms with van der Waals surface area (Å²) in [5.74, 6) is 0.825. The van der Waals surface area contributed by atoms with Gasteiger partial charge >= 0.3 is 6.03 Å². The Labute approximate surface area is 156 Å². The van der Waals surface area contributed by atoms with Crippen molar-refractivity contribution in [2.24, 2.45) is 5.41 Å². The van der Waals surface area contributed by atoms with E-state index in [9.17, 15) is 9.59 Å². The van der Waals surface area contributed by atoms with Gasteiger partial charge in [-0.2, -0.15) is 0 Å². The Morgan fingerprint density at radius 2 is 1.96 bits per heavy atom. The van der Waals surface area contributed by atoms with Gasteiger partial charge in [-0.3, -0.25) is 4.79 Å². The molecule has 1 aliphatic rings. The van der Waals surface area contributed by atoms with Crippen molar-refractivity contribution < 1.29 is 14.3 Å². The van der Waals surface area contributed by atoms with E-state index in [1.807, 2.05) is 31.2 Å². The zero-order chi connectivity index (χ0) is 19.2. The first-order chi connectivity index (χ1) is 12.4. The Morgan fingerprint density at radius 1 is 1.27 bits per heavy atom. The Kier molecular flexibility index (Phi) is 6.89. The van der Waals surface area contributed by atoms with Gasteiger partial charge in [0, 0.05) is 32.4 Å². The van der Waals surface area contributed by atoms with Crippen LogP contribution in [0.1, 0.15) is 46.0 Å². The first kappa shape index (κ1) is 20.1. The monoisotopic (exact) mass is 361 g/mol. The van der Waals surface area contributed by atoms with Gasteiger partial charge in [-0.25, -0.2) is 4.79 Å². The average molecular weight is 361 g/mol. The molecule has 1 unspecified atom stereocenters. The predicted octanol–water partition coefficient (Wildman–Crippen LogP) is 3.63. The highest BCUT2D eigenvalue weighted by Crippen LogP contribution is 2.38. The second-order valence-electron chi connectivity index (χ2n) is 7.36. The van der Waals surface area contributed by atoms with Gasteiger partial charge in [0.1, 0.15) is 5.75 Å². The third kappa shape index (κ3) is 5.13. The molecule has 0 heterocycles. The van der Waals surface area contributed by atoms with E-state index >= 15 is 0 Å². The largest absolute Gasteiger partial charge is 0.491 e. The maximum absolute atomic E-state index is 12.6. The first-order valence-electron chi connectivity index (χ1n) is 9.39. The van der Waals surface area contributed by atoms with Crippen LogP contribution in [-0.4, -0.2) is 43.6 Å². The molecule has 1 saturated carbocycles. The van der Waals surface area contributed by atoms with Gasteiger partial charge in [0.15, 0.2) is 0 Å². The molecular formula is C20H31N3O3. The number of amides is 3. The van der Waals surface area contributed by atoms with Crippen molar-refractivity contribution in [2.45, 2.75) is 52.1 Å². The third-order valence-corrected chi connectivity index (χ3v) is 5.01. The van der Waals surface area contributed by atoms with E-state index in [4.69, 9.17) is 4.74 Å². The molecule has 6 heteroatoms. The minimum atomic E-state index is -0.470. The summed E-state index contributed by atoms with van der Waals surface area (Å²) in [7, 11) is 3.54. The van der Waals surface area contributed by atoms with Crippen molar-refractivity contribution in [3.05, 3.63) is 24.3 Å². The van der Waals surface area contributed by atoms with Crippen LogP contribution in [0.2, 0.25) is 0 Å². The van der Waals surface area contributed by atoms with Crippen molar-refractivity contribution in [1.82, 2.24) is 10.2 Å². The molecule has 144 valence electrons. The molecule has 1 aliphatic carbocycles. The van der Waals surface area contributed by atoms with E-state index < -0.39 is 5.41 Å². The van der Waals surface area contributed by atoms with Crippen LogP contribution < -0.4 is 15.4 Å². The van der Waals surface area contributed by atoms with E-state index in [0.717, 1.165) is 37.9 Å². The van der Waals surface area contributed by atoms with Crippen LogP contribution in [0.25, 0.3) is 0 Å². The van der Waals surface area contributed by atoms with E-state index in [-0.39, 0.29) is 18.0 Å². The molecule has 0 saturated heterocycles. The first-order valence-corrected chi connectivity index (χ1v) is 9.39. The van der Waals surface area contributed by atoms with Gasteiger partial charge in [-0.1, -0.05) is 25.8 Å². The number of carbonyl (C=O) groups is 2. The van der Waals surface area contributed by atoms with Crippen molar-refractivity contribution >= 4 is 17.6 Å². The number of nitrogens with one attached hydrogen (secondary N) is 2. The lowest BCUT2D eigenvalue weighted by molar-refractivity contribution is -0.138. The summed E-state index contributed by atoms with van der Waals surface area (Å²) in [4.78, 5) is 26.5. The summed E-state index contributed by atoms with van der Waals surface area (Å²) in [6.07, 6.45) is 4.74. The fraction of sp³-hybridized carbons (Fsp3) is 0.600. The van der Waals surface area contributed by atoms with Gasteiger partial charge < -0.3 is 20.3 Å².